The molecule has 0 saturated carbocycles. The largest absolute Gasteiger partial charge is 0.396 e. The Morgan fingerprint density at radius 3 is 2.69 bits per heavy atom. The summed E-state index contributed by atoms with van der Waals surface area (Å²) in [6.07, 6.45) is 1.77. The number of hydrogen-bond donors (Lipinski definition) is 2. The molecule has 0 saturated heterocycles. The number of halogens is 1. The molecule has 0 spiro atoms. The molecule has 1 heterocycles. The Kier molecular flexibility index (Phi) is 4.71. The second-order valence-corrected chi connectivity index (χ2v) is 5.23. The number of rotatable bonds is 5. The van der Waals surface area contributed by atoms with Crippen molar-refractivity contribution in [1.29, 1.82) is 0 Å². The maximum Gasteiger partial charge on any atom is 0.129 e. The summed E-state index contributed by atoms with van der Waals surface area (Å²) >= 11 is 5.72. The minimum Gasteiger partial charge on any atom is -0.396 e. The summed E-state index contributed by atoms with van der Waals surface area (Å²) in [6.45, 7) is 7.04. The SMILES string of the molecule is CC(NCC(C)(C)CO)c1ccc(Cl)nc1. The van der Waals surface area contributed by atoms with Crippen molar-refractivity contribution >= 4 is 11.6 Å². The van der Waals surface area contributed by atoms with Crippen molar-refractivity contribution in [3.05, 3.63) is 29.0 Å². The van der Waals surface area contributed by atoms with Crippen LogP contribution in [0.15, 0.2) is 18.3 Å². The third-order valence-corrected chi connectivity index (χ3v) is 2.79. The van der Waals surface area contributed by atoms with Crippen molar-refractivity contribution in [1.82, 2.24) is 10.3 Å². The molecule has 2 N–H and O–H groups in total. The van der Waals surface area contributed by atoms with Gasteiger partial charge in [0.05, 0.1) is 0 Å². The quantitative estimate of drug-likeness (QED) is 0.780. The highest BCUT2D eigenvalue weighted by Gasteiger charge is 2.17. The molecule has 0 radical (unpaired) electrons. The lowest BCUT2D eigenvalue weighted by molar-refractivity contribution is 0.154. The van der Waals surface area contributed by atoms with Crippen LogP contribution in [0, 0.1) is 5.41 Å². The molecule has 16 heavy (non-hydrogen) atoms. The number of nitrogens with zero attached hydrogens (tertiary/aromatic N) is 1. The lowest BCUT2D eigenvalue weighted by Gasteiger charge is -2.25. The van der Waals surface area contributed by atoms with E-state index in [1.165, 1.54) is 0 Å². The van der Waals surface area contributed by atoms with Crippen molar-refractivity contribution in [2.75, 3.05) is 13.2 Å². The second-order valence-electron chi connectivity index (χ2n) is 4.84. The van der Waals surface area contributed by atoms with Gasteiger partial charge in [-0.05, 0) is 18.6 Å². The van der Waals surface area contributed by atoms with Crippen LogP contribution in [0.3, 0.4) is 0 Å². The molecule has 1 rings (SSSR count). The summed E-state index contributed by atoms with van der Waals surface area (Å²) < 4.78 is 0. The van der Waals surface area contributed by atoms with Gasteiger partial charge in [-0.15, -0.1) is 0 Å². The van der Waals surface area contributed by atoms with Crippen LogP contribution in [-0.2, 0) is 0 Å². The van der Waals surface area contributed by atoms with Gasteiger partial charge in [0.1, 0.15) is 5.15 Å². The summed E-state index contributed by atoms with van der Waals surface area (Å²) in [5.74, 6) is 0. The van der Waals surface area contributed by atoms with Crippen LogP contribution in [-0.4, -0.2) is 23.2 Å². The molecule has 0 aliphatic rings. The predicted octanol–water partition coefficient (Wildman–Crippen LogP) is 2.40. The number of nitrogens with one attached hydrogen (secondary N) is 1. The van der Waals surface area contributed by atoms with Gasteiger partial charge in [-0.2, -0.15) is 0 Å². The van der Waals surface area contributed by atoms with Gasteiger partial charge in [0.2, 0.25) is 0 Å². The average molecular weight is 243 g/mol. The van der Waals surface area contributed by atoms with Gasteiger partial charge in [0.15, 0.2) is 0 Å². The topological polar surface area (TPSA) is 45.1 Å². The van der Waals surface area contributed by atoms with Gasteiger partial charge < -0.3 is 10.4 Å². The molecule has 90 valence electrons. The smallest absolute Gasteiger partial charge is 0.129 e. The summed E-state index contributed by atoms with van der Waals surface area (Å²) in [5.41, 5.74) is 0.992. The minimum absolute atomic E-state index is 0.103. The Bertz CT molecular complexity index is 324. The first-order valence-electron chi connectivity index (χ1n) is 5.40. The Labute approximate surface area is 102 Å². The fraction of sp³-hybridized carbons (Fsp3) is 0.583. The van der Waals surface area contributed by atoms with E-state index >= 15 is 0 Å². The molecule has 0 fully saturated rings. The maximum absolute atomic E-state index is 9.14. The first-order valence-corrected chi connectivity index (χ1v) is 5.78. The molecule has 0 aliphatic carbocycles. The third-order valence-electron chi connectivity index (χ3n) is 2.57. The molecule has 4 heteroatoms. The molecule has 0 aliphatic heterocycles. The van der Waals surface area contributed by atoms with E-state index in [-0.39, 0.29) is 18.1 Å². The van der Waals surface area contributed by atoms with Gasteiger partial charge >= 0.3 is 0 Å². The number of aliphatic hydroxyl groups excluding tert-OH is 1. The third kappa shape index (κ3) is 4.08. The number of aliphatic hydroxyl groups is 1. The molecule has 0 aromatic carbocycles. The zero-order valence-electron chi connectivity index (χ0n) is 10.00. The van der Waals surface area contributed by atoms with E-state index in [0.717, 1.165) is 12.1 Å². The Morgan fingerprint density at radius 1 is 1.50 bits per heavy atom. The van der Waals surface area contributed by atoms with E-state index < -0.39 is 0 Å². The van der Waals surface area contributed by atoms with Gasteiger partial charge in [0, 0.05) is 30.8 Å². The van der Waals surface area contributed by atoms with Gasteiger partial charge in [-0.25, -0.2) is 4.98 Å². The maximum atomic E-state index is 9.14. The van der Waals surface area contributed by atoms with Crippen molar-refractivity contribution in [2.24, 2.45) is 5.41 Å². The van der Waals surface area contributed by atoms with Gasteiger partial charge in [0.25, 0.3) is 0 Å². The highest BCUT2D eigenvalue weighted by atomic mass is 35.5. The molecule has 3 nitrogen and oxygen atoms in total. The van der Waals surface area contributed by atoms with Crippen molar-refractivity contribution < 1.29 is 5.11 Å². The summed E-state index contributed by atoms with van der Waals surface area (Å²) in [6, 6.07) is 3.95. The highest BCUT2D eigenvalue weighted by Crippen LogP contribution is 2.17. The van der Waals surface area contributed by atoms with Crippen LogP contribution in [0.25, 0.3) is 0 Å². The van der Waals surface area contributed by atoms with Crippen molar-refractivity contribution in [3.63, 3.8) is 0 Å². The van der Waals surface area contributed by atoms with Gasteiger partial charge in [-0.3, -0.25) is 0 Å². The number of aromatic nitrogens is 1. The molecule has 1 aromatic heterocycles. The normalized spacial score (nSPS) is 13.8. The fourth-order valence-corrected chi connectivity index (χ4v) is 1.36. The molecule has 1 unspecified atom stereocenters. The molecule has 1 atom stereocenters. The Hall–Kier alpha value is -0.640. The number of pyridine rings is 1. The number of hydrogen-bond acceptors (Lipinski definition) is 3. The van der Waals surface area contributed by atoms with Crippen LogP contribution < -0.4 is 5.32 Å². The molecular formula is C12H19ClN2O. The minimum atomic E-state index is -0.103. The van der Waals surface area contributed by atoms with E-state index in [1.54, 1.807) is 12.3 Å². The van der Waals surface area contributed by atoms with E-state index in [2.05, 4.69) is 17.2 Å². The van der Waals surface area contributed by atoms with Crippen LogP contribution in [0.4, 0.5) is 0 Å². The Morgan fingerprint density at radius 2 is 2.19 bits per heavy atom. The summed E-state index contributed by atoms with van der Waals surface area (Å²) in [7, 11) is 0. The monoisotopic (exact) mass is 242 g/mol. The first kappa shape index (κ1) is 13.4. The molecular weight excluding hydrogens is 224 g/mol. The van der Waals surface area contributed by atoms with Crippen LogP contribution in [0.2, 0.25) is 5.15 Å². The van der Waals surface area contributed by atoms with Gasteiger partial charge in [-0.1, -0.05) is 31.5 Å². The van der Waals surface area contributed by atoms with Crippen LogP contribution in [0.1, 0.15) is 32.4 Å². The van der Waals surface area contributed by atoms with Crippen molar-refractivity contribution in [2.45, 2.75) is 26.8 Å². The van der Waals surface area contributed by atoms with E-state index in [1.807, 2.05) is 19.9 Å². The molecule has 0 bridgehead atoms. The lowest BCUT2D eigenvalue weighted by Crippen LogP contribution is -2.33. The van der Waals surface area contributed by atoms with Crippen molar-refractivity contribution in [3.8, 4) is 0 Å². The zero-order valence-corrected chi connectivity index (χ0v) is 10.8. The zero-order chi connectivity index (χ0) is 12.2. The molecule has 1 aromatic rings. The fourth-order valence-electron chi connectivity index (χ4n) is 1.25. The highest BCUT2D eigenvalue weighted by molar-refractivity contribution is 6.29. The standard InChI is InChI=1S/C12H19ClN2O/c1-9(15-7-12(2,3)8-16)10-4-5-11(13)14-6-10/h4-6,9,15-16H,7-8H2,1-3H3. The van der Waals surface area contributed by atoms with Crippen LogP contribution >= 0.6 is 11.6 Å². The Balaban J connectivity index is 2.53. The lowest BCUT2D eigenvalue weighted by atomic mass is 9.94. The second kappa shape index (κ2) is 5.62. The van der Waals surface area contributed by atoms with Crippen LogP contribution in [0.5, 0.6) is 0 Å². The predicted molar refractivity (Wildman–Crippen MR) is 66.5 cm³/mol. The van der Waals surface area contributed by atoms with E-state index in [4.69, 9.17) is 16.7 Å². The average Bonchev–Trinajstić information content (AvgIpc) is 2.27. The first-order chi connectivity index (χ1) is 7.44. The molecule has 0 amide bonds. The summed E-state index contributed by atoms with van der Waals surface area (Å²) in [4.78, 5) is 4.04. The van der Waals surface area contributed by atoms with E-state index in [0.29, 0.717) is 5.15 Å². The van der Waals surface area contributed by atoms with E-state index in [9.17, 15) is 0 Å². The summed E-state index contributed by atoms with van der Waals surface area (Å²) in [5, 5.41) is 13.0.